The van der Waals surface area contributed by atoms with Crippen LogP contribution in [0, 0.1) is 17.7 Å². The molecule has 1 aromatic carbocycles. The van der Waals surface area contributed by atoms with Gasteiger partial charge in [0.1, 0.15) is 5.82 Å². The highest BCUT2D eigenvalue weighted by atomic mass is 19.1. The van der Waals surface area contributed by atoms with Gasteiger partial charge in [-0.25, -0.2) is 4.39 Å². The maximum atomic E-state index is 13.6. The quantitative estimate of drug-likeness (QED) is 0.809. The third-order valence-electron chi connectivity index (χ3n) is 4.07. The minimum absolute atomic E-state index is 0.0350. The van der Waals surface area contributed by atoms with Crippen LogP contribution in [-0.4, -0.2) is 41.5 Å². The number of hydrogen-bond acceptors (Lipinski definition) is 3. The summed E-state index contributed by atoms with van der Waals surface area (Å²) in [6.07, 6.45) is 1.56. The topological polar surface area (TPSA) is 69.6 Å². The summed E-state index contributed by atoms with van der Waals surface area (Å²) < 4.78 is 13.6. The highest BCUT2D eigenvalue weighted by molar-refractivity contribution is 6.04. The van der Waals surface area contributed by atoms with Crippen molar-refractivity contribution in [2.45, 2.75) is 26.7 Å². The fourth-order valence-electron chi connectivity index (χ4n) is 2.59. The molecule has 1 aliphatic rings. The first kappa shape index (κ1) is 17.4. The van der Waals surface area contributed by atoms with Gasteiger partial charge < -0.3 is 15.3 Å². The van der Waals surface area contributed by atoms with E-state index in [9.17, 15) is 14.0 Å². The molecule has 23 heavy (non-hydrogen) atoms. The summed E-state index contributed by atoms with van der Waals surface area (Å²) in [6.45, 7) is 4.38. The van der Waals surface area contributed by atoms with Crippen molar-refractivity contribution in [3.63, 3.8) is 0 Å². The number of aliphatic hydroxyl groups excluding tert-OH is 1. The van der Waals surface area contributed by atoms with E-state index in [2.05, 4.69) is 5.32 Å². The summed E-state index contributed by atoms with van der Waals surface area (Å²) in [5.74, 6) is -0.749. The van der Waals surface area contributed by atoms with Crippen molar-refractivity contribution in [3.8, 4) is 0 Å². The summed E-state index contributed by atoms with van der Waals surface area (Å²) in [5, 5.41) is 11.8. The van der Waals surface area contributed by atoms with Crippen molar-refractivity contribution in [1.29, 1.82) is 0 Å². The summed E-state index contributed by atoms with van der Waals surface area (Å²) >= 11 is 0. The van der Waals surface area contributed by atoms with E-state index in [0.29, 0.717) is 18.2 Å². The molecule has 0 bridgehead atoms. The van der Waals surface area contributed by atoms with E-state index < -0.39 is 5.82 Å². The van der Waals surface area contributed by atoms with Gasteiger partial charge in [0.05, 0.1) is 17.9 Å². The zero-order valence-electron chi connectivity index (χ0n) is 13.5. The van der Waals surface area contributed by atoms with E-state index in [0.717, 1.165) is 18.9 Å². The zero-order valence-corrected chi connectivity index (χ0v) is 13.5. The summed E-state index contributed by atoms with van der Waals surface area (Å²) in [7, 11) is 0. The van der Waals surface area contributed by atoms with Gasteiger partial charge >= 0.3 is 0 Å². The molecule has 5 nitrogen and oxygen atoms in total. The minimum atomic E-state index is -0.536. The maximum absolute atomic E-state index is 13.6. The molecule has 1 aromatic rings. The Morgan fingerprint density at radius 2 is 2.09 bits per heavy atom. The number of amides is 2. The summed E-state index contributed by atoms with van der Waals surface area (Å²) in [6, 6.07) is 3.77. The molecule has 2 rings (SSSR count). The van der Waals surface area contributed by atoms with Gasteiger partial charge in [-0.05, 0) is 37.0 Å². The van der Waals surface area contributed by atoms with Crippen LogP contribution in [0.5, 0.6) is 0 Å². The van der Waals surface area contributed by atoms with Gasteiger partial charge in [-0.15, -0.1) is 0 Å². The van der Waals surface area contributed by atoms with Crippen LogP contribution in [0.4, 0.5) is 10.1 Å². The molecule has 0 aromatic heterocycles. The number of benzene rings is 1. The molecular formula is C17H23FN2O3. The fraction of sp³-hybridized carbons (Fsp3) is 0.529. The molecule has 1 aliphatic carbocycles. The lowest BCUT2D eigenvalue weighted by Gasteiger charge is -2.22. The standard InChI is InChI=1S/C17H23FN2O3/c1-3-6-20(7-8-21)17(23)14-10-12(18)4-5-15(14)19-16(22)13-9-11(13)2/h4-5,10-11,13,21H,3,6-9H2,1-2H3,(H,19,22). The normalized spacial score (nSPS) is 19.3. The monoisotopic (exact) mass is 322 g/mol. The predicted molar refractivity (Wildman–Crippen MR) is 85.6 cm³/mol. The molecule has 1 saturated carbocycles. The Hall–Kier alpha value is -1.95. The number of rotatable bonds is 7. The van der Waals surface area contributed by atoms with Crippen molar-refractivity contribution in [2.24, 2.45) is 11.8 Å². The molecule has 1 fully saturated rings. The van der Waals surface area contributed by atoms with Crippen LogP contribution in [0.3, 0.4) is 0 Å². The van der Waals surface area contributed by atoms with E-state index in [1.807, 2.05) is 13.8 Å². The molecular weight excluding hydrogens is 299 g/mol. The highest BCUT2D eigenvalue weighted by Gasteiger charge is 2.39. The lowest BCUT2D eigenvalue weighted by atomic mass is 10.1. The van der Waals surface area contributed by atoms with Crippen molar-refractivity contribution < 1.29 is 19.1 Å². The van der Waals surface area contributed by atoms with Crippen LogP contribution >= 0.6 is 0 Å². The SMILES string of the molecule is CCCN(CCO)C(=O)c1cc(F)ccc1NC(=O)C1CC1C. The Kier molecular flexibility index (Phi) is 5.71. The summed E-state index contributed by atoms with van der Waals surface area (Å²) in [5.41, 5.74) is 0.438. The van der Waals surface area contributed by atoms with Crippen LogP contribution in [0.2, 0.25) is 0 Å². The van der Waals surface area contributed by atoms with Crippen molar-refractivity contribution in [3.05, 3.63) is 29.6 Å². The Balaban J connectivity index is 2.23. The predicted octanol–water partition coefficient (Wildman–Crippen LogP) is 2.26. The van der Waals surface area contributed by atoms with E-state index in [-0.39, 0.29) is 36.4 Å². The first-order valence-corrected chi connectivity index (χ1v) is 7.98. The number of halogens is 1. The van der Waals surface area contributed by atoms with Crippen molar-refractivity contribution in [1.82, 2.24) is 4.90 Å². The first-order valence-electron chi connectivity index (χ1n) is 7.98. The van der Waals surface area contributed by atoms with Crippen molar-refractivity contribution >= 4 is 17.5 Å². The molecule has 2 N–H and O–H groups in total. The number of aliphatic hydroxyl groups is 1. The molecule has 2 amide bonds. The molecule has 0 aliphatic heterocycles. The fourth-order valence-corrected chi connectivity index (χ4v) is 2.59. The van der Waals surface area contributed by atoms with E-state index in [4.69, 9.17) is 5.11 Å². The number of nitrogens with zero attached hydrogens (tertiary/aromatic N) is 1. The third kappa shape index (κ3) is 4.28. The molecule has 6 heteroatoms. The molecule has 126 valence electrons. The first-order chi connectivity index (χ1) is 11.0. The van der Waals surface area contributed by atoms with Gasteiger partial charge in [0.25, 0.3) is 5.91 Å². The largest absolute Gasteiger partial charge is 0.395 e. The second-order valence-corrected chi connectivity index (χ2v) is 6.01. The minimum Gasteiger partial charge on any atom is -0.395 e. The van der Waals surface area contributed by atoms with Gasteiger partial charge in [-0.2, -0.15) is 0 Å². The Bertz CT molecular complexity index is 585. The van der Waals surface area contributed by atoms with Crippen LogP contribution in [0.15, 0.2) is 18.2 Å². The molecule has 0 heterocycles. The van der Waals surface area contributed by atoms with Gasteiger partial charge in [0.2, 0.25) is 5.91 Å². The number of anilines is 1. The third-order valence-corrected chi connectivity index (χ3v) is 4.07. The molecule has 2 atom stereocenters. The second-order valence-electron chi connectivity index (χ2n) is 6.01. The van der Waals surface area contributed by atoms with Gasteiger partial charge in [0.15, 0.2) is 0 Å². The van der Waals surface area contributed by atoms with E-state index in [1.165, 1.54) is 17.0 Å². The lowest BCUT2D eigenvalue weighted by molar-refractivity contribution is -0.117. The number of nitrogens with one attached hydrogen (secondary N) is 1. The molecule has 0 saturated heterocycles. The van der Waals surface area contributed by atoms with Crippen LogP contribution in [0.25, 0.3) is 0 Å². The van der Waals surface area contributed by atoms with Crippen molar-refractivity contribution in [2.75, 3.05) is 25.0 Å². The second kappa shape index (κ2) is 7.55. The molecule has 0 radical (unpaired) electrons. The van der Waals surface area contributed by atoms with Gasteiger partial charge in [-0.1, -0.05) is 13.8 Å². The Morgan fingerprint density at radius 1 is 1.39 bits per heavy atom. The van der Waals surface area contributed by atoms with Crippen LogP contribution in [0.1, 0.15) is 37.0 Å². The van der Waals surface area contributed by atoms with Gasteiger partial charge in [-0.3, -0.25) is 9.59 Å². The van der Waals surface area contributed by atoms with E-state index >= 15 is 0 Å². The number of carbonyl (C=O) groups is 2. The molecule has 0 spiro atoms. The molecule has 2 unspecified atom stereocenters. The lowest BCUT2D eigenvalue weighted by Crippen LogP contribution is -2.35. The summed E-state index contributed by atoms with van der Waals surface area (Å²) in [4.78, 5) is 26.2. The number of hydrogen-bond donors (Lipinski definition) is 2. The Morgan fingerprint density at radius 3 is 2.65 bits per heavy atom. The average Bonchev–Trinajstić information content (AvgIpc) is 3.25. The highest BCUT2D eigenvalue weighted by Crippen LogP contribution is 2.38. The van der Waals surface area contributed by atoms with E-state index in [1.54, 1.807) is 0 Å². The zero-order chi connectivity index (χ0) is 17.0. The average molecular weight is 322 g/mol. The smallest absolute Gasteiger partial charge is 0.256 e. The van der Waals surface area contributed by atoms with Gasteiger partial charge in [0, 0.05) is 19.0 Å². The Labute approximate surface area is 135 Å². The maximum Gasteiger partial charge on any atom is 0.256 e. The number of carbonyl (C=O) groups excluding carboxylic acids is 2. The van der Waals surface area contributed by atoms with Crippen LogP contribution < -0.4 is 5.32 Å². The van der Waals surface area contributed by atoms with Crippen LogP contribution in [-0.2, 0) is 4.79 Å².